The fourth-order valence-electron chi connectivity index (χ4n) is 1.43. The third-order valence-electron chi connectivity index (χ3n) is 2.49. The molecule has 0 atom stereocenters. The average Bonchev–Trinajstić information content (AvgIpc) is 2.36. The summed E-state index contributed by atoms with van der Waals surface area (Å²) in [5.74, 6) is 0. The molecular formula is C12H16N4O2S. The maximum Gasteiger partial charge on any atom is 0.272 e. The molecule has 2 N–H and O–H groups in total. The number of hydrazone groups is 1. The number of rotatable bonds is 4. The highest BCUT2D eigenvalue weighted by molar-refractivity contribution is 7.80. The molecule has 0 spiro atoms. The van der Waals surface area contributed by atoms with Gasteiger partial charge < -0.3 is 5.32 Å². The molecule has 0 saturated heterocycles. The molecular weight excluding hydrogens is 264 g/mol. The molecule has 102 valence electrons. The summed E-state index contributed by atoms with van der Waals surface area (Å²) in [6.07, 6.45) is 0. The Morgan fingerprint density at radius 2 is 2.21 bits per heavy atom. The fraction of sp³-hybridized carbons (Fsp3) is 0.333. The molecule has 1 aromatic carbocycles. The lowest BCUT2D eigenvalue weighted by Crippen LogP contribution is -2.32. The van der Waals surface area contributed by atoms with E-state index in [1.165, 1.54) is 6.07 Å². The van der Waals surface area contributed by atoms with E-state index in [-0.39, 0.29) is 5.69 Å². The zero-order valence-corrected chi connectivity index (χ0v) is 11.9. The Balaban J connectivity index is 2.91. The van der Waals surface area contributed by atoms with Gasteiger partial charge in [0.25, 0.3) is 5.69 Å². The van der Waals surface area contributed by atoms with Crippen molar-refractivity contribution in [1.82, 2.24) is 10.7 Å². The van der Waals surface area contributed by atoms with Gasteiger partial charge in [-0.05, 0) is 33.0 Å². The van der Waals surface area contributed by atoms with E-state index in [4.69, 9.17) is 12.2 Å². The van der Waals surface area contributed by atoms with Crippen LogP contribution in [0.5, 0.6) is 0 Å². The molecule has 19 heavy (non-hydrogen) atoms. The van der Waals surface area contributed by atoms with Crippen molar-refractivity contribution in [3.63, 3.8) is 0 Å². The van der Waals surface area contributed by atoms with E-state index in [1.54, 1.807) is 26.0 Å². The molecule has 0 aliphatic carbocycles. The molecule has 1 rings (SSSR count). The van der Waals surface area contributed by atoms with Crippen LogP contribution in [0.15, 0.2) is 23.3 Å². The maximum absolute atomic E-state index is 10.9. The highest BCUT2D eigenvalue weighted by Crippen LogP contribution is 2.19. The van der Waals surface area contributed by atoms with Gasteiger partial charge in [-0.25, -0.2) is 0 Å². The van der Waals surface area contributed by atoms with Crippen LogP contribution >= 0.6 is 12.2 Å². The number of hydrogen-bond acceptors (Lipinski definition) is 4. The van der Waals surface area contributed by atoms with Crippen molar-refractivity contribution in [2.75, 3.05) is 6.54 Å². The van der Waals surface area contributed by atoms with E-state index in [0.29, 0.717) is 28.5 Å². The number of thiocarbonyl (C=S) groups is 1. The van der Waals surface area contributed by atoms with Crippen molar-refractivity contribution >= 4 is 28.7 Å². The summed E-state index contributed by atoms with van der Waals surface area (Å²) in [7, 11) is 0. The summed E-state index contributed by atoms with van der Waals surface area (Å²) < 4.78 is 0. The van der Waals surface area contributed by atoms with Gasteiger partial charge in [0.05, 0.1) is 10.6 Å². The molecule has 1 aromatic rings. The van der Waals surface area contributed by atoms with Crippen LogP contribution in [0.1, 0.15) is 25.0 Å². The van der Waals surface area contributed by atoms with Crippen LogP contribution in [0.3, 0.4) is 0 Å². The van der Waals surface area contributed by atoms with Gasteiger partial charge in [0, 0.05) is 23.7 Å². The highest BCUT2D eigenvalue weighted by atomic mass is 32.1. The second-order valence-electron chi connectivity index (χ2n) is 3.93. The SMILES string of the molecule is CCNC(=S)NN=C(C)c1ccc(C)c([N+](=O)[O-])c1. The van der Waals surface area contributed by atoms with Gasteiger partial charge in [0.2, 0.25) is 0 Å². The number of nitrogens with zero attached hydrogens (tertiary/aromatic N) is 2. The van der Waals surface area contributed by atoms with Crippen molar-refractivity contribution in [3.8, 4) is 0 Å². The van der Waals surface area contributed by atoms with Gasteiger partial charge in [-0.15, -0.1) is 0 Å². The Labute approximate surface area is 117 Å². The first kappa shape index (κ1) is 15.0. The lowest BCUT2D eigenvalue weighted by molar-refractivity contribution is -0.385. The lowest BCUT2D eigenvalue weighted by atomic mass is 10.1. The van der Waals surface area contributed by atoms with E-state index in [0.717, 1.165) is 0 Å². The molecule has 6 nitrogen and oxygen atoms in total. The van der Waals surface area contributed by atoms with E-state index >= 15 is 0 Å². The topological polar surface area (TPSA) is 79.6 Å². The van der Waals surface area contributed by atoms with Gasteiger partial charge in [-0.2, -0.15) is 5.10 Å². The second-order valence-corrected chi connectivity index (χ2v) is 4.34. The molecule has 7 heteroatoms. The first-order valence-electron chi connectivity index (χ1n) is 5.79. The van der Waals surface area contributed by atoms with Gasteiger partial charge in [0.15, 0.2) is 5.11 Å². The molecule has 0 amide bonds. The monoisotopic (exact) mass is 280 g/mol. The van der Waals surface area contributed by atoms with Gasteiger partial charge in [-0.3, -0.25) is 15.5 Å². The van der Waals surface area contributed by atoms with Crippen LogP contribution in [0.4, 0.5) is 5.69 Å². The van der Waals surface area contributed by atoms with Gasteiger partial charge in [0.1, 0.15) is 0 Å². The summed E-state index contributed by atoms with van der Waals surface area (Å²) in [5, 5.41) is 18.3. The van der Waals surface area contributed by atoms with Crippen molar-refractivity contribution < 1.29 is 4.92 Å². The smallest absolute Gasteiger partial charge is 0.272 e. The van der Waals surface area contributed by atoms with E-state index in [2.05, 4.69) is 15.8 Å². The lowest BCUT2D eigenvalue weighted by Gasteiger charge is -2.06. The number of nitro benzene ring substituents is 1. The Bertz CT molecular complexity index is 528. The van der Waals surface area contributed by atoms with Crippen molar-refractivity contribution in [3.05, 3.63) is 39.4 Å². The second kappa shape index (κ2) is 6.79. The molecule has 0 aliphatic rings. The summed E-state index contributed by atoms with van der Waals surface area (Å²) >= 11 is 4.97. The molecule has 0 radical (unpaired) electrons. The van der Waals surface area contributed by atoms with Crippen molar-refractivity contribution in [2.24, 2.45) is 5.10 Å². The predicted octanol–water partition coefficient (Wildman–Crippen LogP) is 2.11. The molecule has 0 saturated carbocycles. The van der Waals surface area contributed by atoms with Crippen LogP contribution in [0, 0.1) is 17.0 Å². The average molecular weight is 280 g/mol. The van der Waals surface area contributed by atoms with E-state index < -0.39 is 4.92 Å². The highest BCUT2D eigenvalue weighted by Gasteiger charge is 2.12. The molecule has 0 aromatic heterocycles. The van der Waals surface area contributed by atoms with Gasteiger partial charge >= 0.3 is 0 Å². The van der Waals surface area contributed by atoms with Crippen LogP contribution in [-0.2, 0) is 0 Å². The number of nitro groups is 1. The minimum Gasteiger partial charge on any atom is -0.362 e. The number of aryl methyl sites for hydroxylation is 1. The van der Waals surface area contributed by atoms with Crippen molar-refractivity contribution in [1.29, 1.82) is 0 Å². The van der Waals surface area contributed by atoms with Crippen LogP contribution in [0.25, 0.3) is 0 Å². The van der Waals surface area contributed by atoms with Crippen LogP contribution in [-0.4, -0.2) is 22.3 Å². The molecule has 0 bridgehead atoms. The molecule has 0 fully saturated rings. The summed E-state index contributed by atoms with van der Waals surface area (Å²) in [5.41, 5.74) is 4.70. The van der Waals surface area contributed by atoms with E-state index in [9.17, 15) is 10.1 Å². The minimum atomic E-state index is -0.400. The molecule has 0 aliphatic heterocycles. The Kier molecular flexibility index (Phi) is 5.37. The van der Waals surface area contributed by atoms with Crippen molar-refractivity contribution in [2.45, 2.75) is 20.8 Å². The Morgan fingerprint density at radius 3 is 2.79 bits per heavy atom. The molecule has 0 heterocycles. The first-order valence-corrected chi connectivity index (χ1v) is 6.20. The first-order chi connectivity index (χ1) is 8.95. The molecule has 0 unspecified atom stereocenters. The summed E-state index contributed by atoms with van der Waals surface area (Å²) in [4.78, 5) is 10.5. The third kappa shape index (κ3) is 4.29. The fourth-order valence-corrected chi connectivity index (χ4v) is 1.62. The number of hydrogen-bond donors (Lipinski definition) is 2. The minimum absolute atomic E-state index is 0.0845. The Morgan fingerprint density at radius 1 is 1.53 bits per heavy atom. The summed E-state index contributed by atoms with van der Waals surface area (Å²) in [6, 6.07) is 5.00. The number of nitrogens with one attached hydrogen (secondary N) is 2. The van der Waals surface area contributed by atoms with Crippen LogP contribution < -0.4 is 10.7 Å². The largest absolute Gasteiger partial charge is 0.362 e. The standard InChI is InChI=1S/C12H16N4O2S/c1-4-13-12(19)15-14-9(3)10-6-5-8(2)11(7-10)16(17)18/h5-7H,4H2,1-3H3,(H2,13,15,19). The van der Waals surface area contributed by atoms with E-state index in [1.807, 2.05) is 6.92 Å². The van der Waals surface area contributed by atoms with Crippen LogP contribution in [0.2, 0.25) is 0 Å². The summed E-state index contributed by atoms with van der Waals surface area (Å²) in [6.45, 7) is 6.09. The third-order valence-corrected chi connectivity index (χ3v) is 2.72. The normalized spacial score (nSPS) is 11.0. The number of benzene rings is 1. The zero-order valence-electron chi connectivity index (χ0n) is 11.1. The Hall–Kier alpha value is -2.02. The zero-order chi connectivity index (χ0) is 14.4. The maximum atomic E-state index is 10.9. The predicted molar refractivity (Wildman–Crippen MR) is 79.5 cm³/mol. The quantitative estimate of drug-likeness (QED) is 0.382. The van der Waals surface area contributed by atoms with Gasteiger partial charge in [-0.1, -0.05) is 12.1 Å².